The SMILES string of the molecule is COc1cc(C(=O)NC2CCN(CCCC(=O)N3CCCC3)CC2OC)c(N)c(OC)c1OC. The maximum Gasteiger partial charge on any atom is 0.253 e. The van der Waals surface area contributed by atoms with E-state index in [0.717, 1.165) is 51.9 Å². The van der Waals surface area contributed by atoms with E-state index < -0.39 is 0 Å². The van der Waals surface area contributed by atoms with Crippen molar-refractivity contribution in [1.82, 2.24) is 15.1 Å². The second-order valence-electron chi connectivity index (χ2n) is 8.74. The summed E-state index contributed by atoms with van der Waals surface area (Å²) in [4.78, 5) is 29.7. The number of carbonyl (C=O) groups excluding carboxylic acids is 2. The maximum absolute atomic E-state index is 13.1. The van der Waals surface area contributed by atoms with Crippen LogP contribution in [-0.4, -0.2) is 94.9 Å². The van der Waals surface area contributed by atoms with E-state index in [2.05, 4.69) is 10.2 Å². The van der Waals surface area contributed by atoms with Gasteiger partial charge in [-0.3, -0.25) is 9.59 Å². The first-order chi connectivity index (χ1) is 16.4. The van der Waals surface area contributed by atoms with Gasteiger partial charge in [0.25, 0.3) is 5.91 Å². The molecule has 34 heavy (non-hydrogen) atoms. The standard InChI is InChI=1S/C24H38N4O6/c1-31-18-14-16(21(25)23(34-4)22(18)33-3)24(30)26-17-9-13-27(15-19(17)32-2)10-7-8-20(29)28-11-5-6-12-28/h14,17,19H,5-13,15,25H2,1-4H3,(H,26,30). The van der Waals surface area contributed by atoms with Gasteiger partial charge in [0, 0.05) is 39.7 Å². The minimum atomic E-state index is -0.325. The highest BCUT2D eigenvalue weighted by Crippen LogP contribution is 2.43. The molecule has 2 heterocycles. The zero-order valence-corrected chi connectivity index (χ0v) is 20.7. The predicted octanol–water partition coefficient (Wildman–Crippen LogP) is 1.52. The molecule has 190 valence electrons. The average molecular weight is 479 g/mol. The first-order valence-corrected chi connectivity index (χ1v) is 11.9. The molecule has 2 atom stereocenters. The van der Waals surface area contributed by atoms with Gasteiger partial charge in [0.15, 0.2) is 11.5 Å². The lowest BCUT2D eigenvalue weighted by Gasteiger charge is -2.38. The van der Waals surface area contributed by atoms with Crippen molar-refractivity contribution in [3.63, 3.8) is 0 Å². The first-order valence-electron chi connectivity index (χ1n) is 11.9. The van der Waals surface area contributed by atoms with Crippen molar-refractivity contribution >= 4 is 17.5 Å². The molecule has 2 saturated heterocycles. The van der Waals surface area contributed by atoms with E-state index in [0.29, 0.717) is 24.5 Å². The van der Waals surface area contributed by atoms with Crippen molar-refractivity contribution in [2.45, 2.75) is 44.2 Å². The third-order valence-corrected chi connectivity index (χ3v) is 6.70. The van der Waals surface area contributed by atoms with Gasteiger partial charge >= 0.3 is 0 Å². The molecule has 2 aliphatic heterocycles. The van der Waals surface area contributed by atoms with E-state index in [1.165, 1.54) is 21.3 Å². The van der Waals surface area contributed by atoms with Crippen molar-refractivity contribution < 1.29 is 28.5 Å². The zero-order chi connectivity index (χ0) is 24.7. The fourth-order valence-electron chi connectivity index (χ4n) is 4.78. The number of rotatable bonds is 10. The molecule has 3 N–H and O–H groups in total. The Labute approximate surface area is 201 Å². The van der Waals surface area contributed by atoms with E-state index in [1.807, 2.05) is 4.90 Å². The highest BCUT2D eigenvalue weighted by molar-refractivity contribution is 6.02. The molecule has 2 unspecified atom stereocenters. The Morgan fingerprint density at radius 3 is 2.38 bits per heavy atom. The Hall–Kier alpha value is -2.72. The quantitative estimate of drug-likeness (QED) is 0.487. The largest absolute Gasteiger partial charge is 0.493 e. The van der Waals surface area contributed by atoms with Crippen molar-refractivity contribution in [2.24, 2.45) is 0 Å². The van der Waals surface area contributed by atoms with Crippen LogP contribution in [0.25, 0.3) is 0 Å². The fourth-order valence-corrected chi connectivity index (χ4v) is 4.78. The average Bonchev–Trinajstić information content (AvgIpc) is 3.39. The van der Waals surface area contributed by atoms with Gasteiger partial charge < -0.3 is 39.8 Å². The molecule has 0 spiro atoms. The molecule has 0 aliphatic carbocycles. The van der Waals surface area contributed by atoms with Gasteiger partial charge in [-0.15, -0.1) is 0 Å². The number of nitrogens with zero attached hydrogens (tertiary/aromatic N) is 2. The summed E-state index contributed by atoms with van der Waals surface area (Å²) in [5, 5.41) is 3.07. The molecule has 2 aliphatic rings. The van der Waals surface area contributed by atoms with Crippen LogP contribution in [-0.2, 0) is 9.53 Å². The third-order valence-electron chi connectivity index (χ3n) is 6.70. The Morgan fingerprint density at radius 2 is 1.76 bits per heavy atom. The normalized spacial score (nSPS) is 20.8. The number of amides is 2. The predicted molar refractivity (Wildman–Crippen MR) is 129 cm³/mol. The Bertz CT molecular complexity index is 858. The van der Waals surface area contributed by atoms with Crippen molar-refractivity contribution in [3.05, 3.63) is 11.6 Å². The van der Waals surface area contributed by atoms with Crippen LogP contribution < -0.4 is 25.3 Å². The summed E-state index contributed by atoms with van der Waals surface area (Å²) in [6.07, 6.45) is 4.19. The molecule has 0 radical (unpaired) electrons. The first kappa shape index (κ1) is 25.9. The minimum absolute atomic E-state index is 0.168. The summed E-state index contributed by atoms with van der Waals surface area (Å²) in [7, 11) is 6.09. The third kappa shape index (κ3) is 5.85. The van der Waals surface area contributed by atoms with E-state index in [1.54, 1.807) is 13.2 Å². The molecular weight excluding hydrogens is 440 g/mol. The fraction of sp³-hybridized carbons (Fsp3) is 0.667. The Morgan fingerprint density at radius 1 is 1.06 bits per heavy atom. The summed E-state index contributed by atoms with van der Waals surface area (Å²) < 4.78 is 21.8. The highest BCUT2D eigenvalue weighted by atomic mass is 16.5. The molecule has 10 heteroatoms. The topological polar surface area (TPSA) is 116 Å². The number of hydrogen-bond acceptors (Lipinski definition) is 8. The van der Waals surface area contributed by atoms with Gasteiger partial charge in [-0.05, 0) is 38.3 Å². The number of methoxy groups -OCH3 is 4. The van der Waals surface area contributed by atoms with Gasteiger partial charge in [-0.1, -0.05) is 0 Å². The van der Waals surface area contributed by atoms with Crippen molar-refractivity contribution in [3.8, 4) is 17.2 Å². The van der Waals surface area contributed by atoms with E-state index in [9.17, 15) is 9.59 Å². The maximum atomic E-state index is 13.1. The molecule has 0 bridgehead atoms. The summed E-state index contributed by atoms with van der Waals surface area (Å²) >= 11 is 0. The minimum Gasteiger partial charge on any atom is -0.493 e. The van der Waals surface area contributed by atoms with E-state index in [4.69, 9.17) is 24.7 Å². The van der Waals surface area contributed by atoms with Crippen LogP contribution in [0.1, 0.15) is 42.5 Å². The number of ether oxygens (including phenoxy) is 4. The lowest BCUT2D eigenvalue weighted by molar-refractivity contribution is -0.130. The summed E-state index contributed by atoms with van der Waals surface area (Å²) in [6, 6.07) is 1.39. The lowest BCUT2D eigenvalue weighted by atomic mass is 10.00. The number of likely N-dealkylation sites (tertiary alicyclic amines) is 2. The molecule has 10 nitrogen and oxygen atoms in total. The number of piperidine rings is 1. The van der Waals surface area contributed by atoms with Gasteiger partial charge in [0.2, 0.25) is 11.7 Å². The van der Waals surface area contributed by atoms with Crippen LogP contribution in [0.3, 0.4) is 0 Å². The van der Waals surface area contributed by atoms with Crippen LogP contribution >= 0.6 is 0 Å². The summed E-state index contributed by atoms with van der Waals surface area (Å²) in [6.45, 7) is 4.12. The van der Waals surface area contributed by atoms with Gasteiger partial charge in [-0.25, -0.2) is 0 Å². The van der Waals surface area contributed by atoms with Gasteiger partial charge in [0.1, 0.15) is 0 Å². The zero-order valence-electron chi connectivity index (χ0n) is 20.7. The Kier molecular flexibility index (Phi) is 9.23. The van der Waals surface area contributed by atoms with Crippen LogP contribution in [0, 0.1) is 0 Å². The number of nitrogens with one attached hydrogen (secondary N) is 1. The number of hydrogen-bond donors (Lipinski definition) is 2. The molecule has 0 aromatic heterocycles. The number of nitrogen functional groups attached to an aromatic ring is 1. The van der Waals surface area contributed by atoms with Crippen LogP contribution in [0.15, 0.2) is 6.07 Å². The molecule has 3 rings (SSSR count). The second kappa shape index (κ2) is 12.1. The van der Waals surface area contributed by atoms with E-state index >= 15 is 0 Å². The summed E-state index contributed by atoms with van der Waals surface area (Å²) in [5.74, 6) is 0.888. The highest BCUT2D eigenvalue weighted by Gasteiger charge is 2.32. The van der Waals surface area contributed by atoms with Crippen molar-refractivity contribution in [2.75, 3.05) is 66.9 Å². The number of carbonyl (C=O) groups is 2. The summed E-state index contributed by atoms with van der Waals surface area (Å²) in [5.41, 5.74) is 6.67. The second-order valence-corrected chi connectivity index (χ2v) is 8.74. The smallest absolute Gasteiger partial charge is 0.253 e. The van der Waals surface area contributed by atoms with Gasteiger partial charge in [0.05, 0.1) is 44.7 Å². The van der Waals surface area contributed by atoms with Gasteiger partial charge in [-0.2, -0.15) is 0 Å². The molecule has 1 aromatic rings. The Balaban J connectivity index is 1.58. The monoisotopic (exact) mass is 478 g/mol. The molecular formula is C24H38N4O6. The molecule has 0 saturated carbocycles. The molecule has 2 amide bonds. The van der Waals surface area contributed by atoms with Crippen LogP contribution in [0.5, 0.6) is 17.2 Å². The van der Waals surface area contributed by atoms with E-state index in [-0.39, 0.29) is 41.0 Å². The van der Waals surface area contributed by atoms with Crippen LogP contribution in [0.2, 0.25) is 0 Å². The number of anilines is 1. The number of nitrogens with two attached hydrogens (primary N) is 1. The number of benzene rings is 1. The molecule has 2 fully saturated rings. The van der Waals surface area contributed by atoms with Crippen molar-refractivity contribution in [1.29, 1.82) is 0 Å². The lowest BCUT2D eigenvalue weighted by Crippen LogP contribution is -2.55. The van der Waals surface area contributed by atoms with Crippen LogP contribution in [0.4, 0.5) is 5.69 Å². The molecule has 1 aromatic carbocycles.